The Morgan fingerprint density at radius 1 is 1.13 bits per heavy atom. The van der Waals surface area contributed by atoms with Crippen molar-refractivity contribution in [1.29, 1.82) is 0 Å². The maximum Gasteiger partial charge on any atom is 0.431 e. The molecule has 2 aromatic rings. The summed E-state index contributed by atoms with van der Waals surface area (Å²) in [6.45, 7) is 1.23. The molecule has 0 aromatic heterocycles. The summed E-state index contributed by atoms with van der Waals surface area (Å²) in [6, 6.07) is 5.55. The van der Waals surface area contributed by atoms with Gasteiger partial charge >= 0.3 is 12.3 Å². The van der Waals surface area contributed by atoms with E-state index in [4.69, 9.17) is 33.1 Å². The van der Waals surface area contributed by atoms with Crippen LogP contribution in [0.5, 0.6) is 0 Å². The third kappa shape index (κ3) is 6.70. The lowest BCUT2D eigenvalue weighted by Gasteiger charge is -2.25. The van der Waals surface area contributed by atoms with Gasteiger partial charge in [0.15, 0.2) is 9.84 Å². The van der Waals surface area contributed by atoms with Crippen LogP contribution in [0.4, 0.5) is 23.7 Å². The molecular formula is C23H24Cl2F3N3O6S. The molecule has 1 heterocycles. The van der Waals surface area contributed by atoms with Crippen LogP contribution in [0, 0.1) is 0 Å². The number of carboxylic acid groups (broad SMARTS) is 1. The van der Waals surface area contributed by atoms with Gasteiger partial charge in [0.25, 0.3) is 5.91 Å². The Morgan fingerprint density at radius 3 is 2.42 bits per heavy atom. The van der Waals surface area contributed by atoms with Crippen molar-refractivity contribution in [3.8, 4) is 0 Å². The van der Waals surface area contributed by atoms with Crippen molar-refractivity contribution < 1.29 is 41.1 Å². The number of hydroxylamine groups is 2. The fourth-order valence-corrected chi connectivity index (χ4v) is 5.42. The third-order valence-electron chi connectivity index (χ3n) is 5.92. The highest BCUT2D eigenvalue weighted by atomic mass is 35.5. The highest BCUT2D eigenvalue weighted by Crippen LogP contribution is 2.38. The topological polar surface area (TPSA) is 107 Å². The molecule has 9 nitrogen and oxygen atoms in total. The SMILES string of the molecule is CCS(=O)(=O)c1ccc(Cl)cc1N(C)C(=O)c1cc(Cl)c(CN2CCON(C(=O)O)CC2)c(C(F)(F)F)c1. The smallest absolute Gasteiger partial charge is 0.431 e. The summed E-state index contributed by atoms with van der Waals surface area (Å²) in [5.41, 5.74) is -1.94. The van der Waals surface area contributed by atoms with E-state index in [0.717, 1.165) is 11.0 Å². The first kappa shape index (κ1) is 30.0. The monoisotopic (exact) mass is 597 g/mol. The minimum Gasteiger partial charge on any atom is -0.463 e. The van der Waals surface area contributed by atoms with Gasteiger partial charge in [-0.1, -0.05) is 30.1 Å². The number of halogens is 5. The molecule has 1 aliphatic rings. The fraction of sp³-hybridized carbons (Fsp3) is 0.391. The second-order valence-corrected chi connectivity index (χ2v) is 11.4. The van der Waals surface area contributed by atoms with Crippen molar-refractivity contribution in [3.63, 3.8) is 0 Å². The first-order valence-corrected chi connectivity index (χ1v) is 13.6. The average molecular weight is 598 g/mol. The van der Waals surface area contributed by atoms with Crippen LogP contribution >= 0.6 is 23.2 Å². The van der Waals surface area contributed by atoms with E-state index in [0.29, 0.717) is 11.1 Å². The predicted molar refractivity (Wildman–Crippen MR) is 134 cm³/mol. The number of carbonyl (C=O) groups excluding carboxylic acids is 1. The van der Waals surface area contributed by atoms with Crippen LogP contribution in [-0.2, 0) is 27.4 Å². The Bertz CT molecular complexity index is 1340. The van der Waals surface area contributed by atoms with E-state index < -0.39 is 39.1 Å². The highest BCUT2D eigenvalue weighted by molar-refractivity contribution is 7.91. The Balaban J connectivity index is 1.99. The first-order valence-electron chi connectivity index (χ1n) is 11.2. The Hall–Kier alpha value is -2.58. The van der Waals surface area contributed by atoms with Crippen molar-refractivity contribution in [2.45, 2.75) is 24.5 Å². The number of amides is 2. The predicted octanol–water partition coefficient (Wildman–Crippen LogP) is 4.81. The van der Waals surface area contributed by atoms with Gasteiger partial charge < -0.3 is 10.0 Å². The molecule has 0 bridgehead atoms. The summed E-state index contributed by atoms with van der Waals surface area (Å²) in [6.07, 6.45) is -6.20. The van der Waals surface area contributed by atoms with E-state index in [1.54, 1.807) is 4.90 Å². The number of hydrogen-bond acceptors (Lipinski definition) is 6. The second kappa shape index (κ2) is 11.7. The van der Waals surface area contributed by atoms with Crippen LogP contribution in [0.1, 0.15) is 28.4 Å². The van der Waals surface area contributed by atoms with E-state index in [1.165, 1.54) is 32.2 Å². The van der Waals surface area contributed by atoms with Crippen molar-refractivity contribution in [2.24, 2.45) is 0 Å². The van der Waals surface area contributed by atoms with E-state index in [1.807, 2.05) is 0 Å². The summed E-state index contributed by atoms with van der Waals surface area (Å²) in [5.74, 6) is -1.20. The number of hydrogen-bond donors (Lipinski definition) is 1. The van der Waals surface area contributed by atoms with Crippen LogP contribution in [0.2, 0.25) is 10.0 Å². The lowest BCUT2D eigenvalue weighted by molar-refractivity contribution is -0.138. The molecular weight excluding hydrogens is 574 g/mol. The highest BCUT2D eigenvalue weighted by Gasteiger charge is 2.37. The zero-order chi connectivity index (χ0) is 28.4. The summed E-state index contributed by atoms with van der Waals surface area (Å²) in [5, 5.41) is 9.57. The van der Waals surface area contributed by atoms with Gasteiger partial charge in [0.05, 0.1) is 35.1 Å². The van der Waals surface area contributed by atoms with Gasteiger partial charge in [0.2, 0.25) is 0 Å². The number of benzene rings is 2. The van der Waals surface area contributed by atoms with Gasteiger partial charge in [-0.3, -0.25) is 14.5 Å². The van der Waals surface area contributed by atoms with Gasteiger partial charge in [-0.15, -0.1) is 0 Å². The molecule has 1 N–H and O–H groups in total. The summed E-state index contributed by atoms with van der Waals surface area (Å²) < 4.78 is 67.4. The summed E-state index contributed by atoms with van der Waals surface area (Å²) in [4.78, 5) is 31.7. The van der Waals surface area contributed by atoms with Gasteiger partial charge in [0, 0.05) is 42.3 Å². The molecule has 1 aliphatic heterocycles. The molecule has 0 aliphatic carbocycles. The van der Waals surface area contributed by atoms with Crippen molar-refractivity contribution in [1.82, 2.24) is 9.96 Å². The van der Waals surface area contributed by atoms with E-state index >= 15 is 0 Å². The van der Waals surface area contributed by atoms with E-state index in [9.17, 15) is 31.2 Å². The maximum atomic E-state index is 14.1. The van der Waals surface area contributed by atoms with Gasteiger partial charge in [-0.05, 0) is 35.9 Å². The Morgan fingerprint density at radius 2 is 1.82 bits per heavy atom. The van der Waals surface area contributed by atoms with Crippen molar-refractivity contribution >= 4 is 50.7 Å². The number of carbonyl (C=O) groups is 2. The number of nitrogens with zero attached hydrogens (tertiary/aromatic N) is 3. The molecule has 0 saturated carbocycles. The van der Waals surface area contributed by atoms with Crippen LogP contribution in [0.15, 0.2) is 35.2 Å². The average Bonchev–Trinajstić information content (AvgIpc) is 3.09. The minimum atomic E-state index is -4.88. The number of rotatable bonds is 6. The van der Waals surface area contributed by atoms with E-state index in [2.05, 4.69) is 0 Å². The number of sulfone groups is 1. The summed E-state index contributed by atoms with van der Waals surface area (Å²) >= 11 is 12.3. The first-order chi connectivity index (χ1) is 17.7. The Kier molecular flexibility index (Phi) is 9.20. The quantitative estimate of drug-likeness (QED) is 0.509. The Labute approximate surface area is 227 Å². The molecule has 0 radical (unpaired) electrons. The normalized spacial score (nSPS) is 15.3. The largest absolute Gasteiger partial charge is 0.463 e. The molecule has 2 aromatic carbocycles. The lowest BCUT2D eigenvalue weighted by Crippen LogP contribution is -2.33. The van der Waals surface area contributed by atoms with Gasteiger partial charge in [0.1, 0.15) is 0 Å². The third-order valence-corrected chi connectivity index (χ3v) is 8.27. The molecule has 3 rings (SSSR count). The lowest BCUT2D eigenvalue weighted by atomic mass is 10.0. The van der Waals surface area contributed by atoms with E-state index in [-0.39, 0.29) is 64.7 Å². The zero-order valence-corrected chi connectivity index (χ0v) is 22.6. The molecule has 208 valence electrons. The molecule has 2 amide bonds. The van der Waals surface area contributed by atoms with Gasteiger partial charge in [-0.2, -0.15) is 18.2 Å². The molecule has 0 atom stereocenters. The zero-order valence-electron chi connectivity index (χ0n) is 20.3. The molecule has 1 saturated heterocycles. The molecule has 1 fully saturated rings. The van der Waals surface area contributed by atoms with Gasteiger partial charge in [-0.25, -0.2) is 13.2 Å². The van der Waals surface area contributed by atoms with Crippen LogP contribution < -0.4 is 4.90 Å². The molecule has 15 heteroatoms. The van der Waals surface area contributed by atoms with Crippen LogP contribution in [0.3, 0.4) is 0 Å². The summed E-state index contributed by atoms with van der Waals surface area (Å²) in [7, 11) is -2.57. The fourth-order valence-electron chi connectivity index (χ4n) is 3.87. The van der Waals surface area contributed by atoms with Crippen LogP contribution in [-0.4, -0.2) is 74.5 Å². The molecule has 0 spiro atoms. The molecule has 38 heavy (non-hydrogen) atoms. The van der Waals surface area contributed by atoms with Crippen molar-refractivity contribution in [3.05, 3.63) is 57.1 Å². The van der Waals surface area contributed by atoms with Crippen molar-refractivity contribution in [2.75, 3.05) is 43.9 Å². The van der Waals surface area contributed by atoms with Crippen LogP contribution in [0.25, 0.3) is 0 Å². The minimum absolute atomic E-state index is 0.0602. The maximum absolute atomic E-state index is 14.1. The standard InChI is InChI=1S/C23H24Cl2F3N3O6S/c1-3-38(35,36)20-5-4-15(24)12-19(20)29(2)21(32)14-10-17(23(26,27)28)16(18(25)11-14)13-30-6-7-31(22(33)34)37-9-8-30/h4-5,10-12H,3,6-9,13H2,1-2H3,(H,33,34). The number of alkyl halides is 3. The second-order valence-electron chi connectivity index (χ2n) is 8.36. The molecule has 0 unspecified atom stereocenters. The number of anilines is 1.